The molecule has 0 aromatic heterocycles. The highest BCUT2D eigenvalue weighted by Crippen LogP contribution is 2.27. The number of hydrogen-bond acceptors (Lipinski definition) is 6. The van der Waals surface area contributed by atoms with Gasteiger partial charge >= 0.3 is 5.97 Å². The smallest absolute Gasteiger partial charge is 0.321 e. The van der Waals surface area contributed by atoms with Gasteiger partial charge in [0.05, 0.1) is 11.0 Å². The molecule has 0 bridgehead atoms. The highest BCUT2D eigenvalue weighted by Gasteiger charge is 2.33. The van der Waals surface area contributed by atoms with E-state index in [1.54, 1.807) is 24.3 Å². The third kappa shape index (κ3) is 9.35. The maximum Gasteiger partial charge on any atom is 0.321 e. The lowest BCUT2D eigenvalue weighted by atomic mass is 9.92. The lowest BCUT2D eigenvalue weighted by molar-refractivity contribution is -0.139. The topological polar surface area (TPSA) is 116 Å². The van der Waals surface area contributed by atoms with Crippen LogP contribution in [0, 0.1) is 5.92 Å². The van der Waals surface area contributed by atoms with E-state index < -0.39 is 21.8 Å². The summed E-state index contributed by atoms with van der Waals surface area (Å²) in [6.45, 7) is 4.17. The Morgan fingerprint density at radius 1 is 1.19 bits per heavy atom. The molecule has 1 saturated heterocycles. The van der Waals surface area contributed by atoms with Crippen LogP contribution in [0.4, 0.5) is 0 Å². The van der Waals surface area contributed by atoms with Gasteiger partial charge in [-0.05, 0) is 81.8 Å². The molecule has 1 aromatic carbocycles. The summed E-state index contributed by atoms with van der Waals surface area (Å²) in [5.74, 6) is -0.370. The van der Waals surface area contributed by atoms with E-state index in [4.69, 9.17) is 0 Å². The average Bonchev–Trinajstić information content (AvgIpc) is 2.73. The van der Waals surface area contributed by atoms with E-state index in [1.807, 2.05) is 6.92 Å². The molecule has 0 spiro atoms. The van der Waals surface area contributed by atoms with E-state index in [0.29, 0.717) is 32.2 Å². The molecular formula is C22H37ClN2O5S. The molecule has 9 heteroatoms. The Kier molecular flexibility index (Phi) is 12.4. The third-order valence-electron chi connectivity index (χ3n) is 5.88. The van der Waals surface area contributed by atoms with Gasteiger partial charge in [-0.3, -0.25) is 4.79 Å². The normalized spacial score (nSPS) is 16.9. The van der Waals surface area contributed by atoms with Crippen LogP contribution in [0.25, 0.3) is 0 Å². The summed E-state index contributed by atoms with van der Waals surface area (Å²) in [4.78, 5) is 11.6. The second kappa shape index (κ2) is 13.9. The number of rotatable bonds is 13. The van der Waals surface area contributed by atoms with Crippen LogP contribution >= 0.6 is 12.4 Å². The fourth-order valence-corrected chi connectivity index (χ4v) is 6.49. The molecule has 1 aromatic rings. The number of benzene rings is 1. The van der Waals surface area contributed by atoms with Gasteiger partial charge in [-0.25, -0.2) is 8.42 Å². The highest BCUT2D eigenvalue weighted by atomic mass is 35.5. The predicted octanol–water partition coefficient (Wildman–Crippen LogP) is 2.76. The molecule has 1 aliphatic rings. The molecule has 31 heavy (non-hydrogen) atoms. The summed E-state index contributed by atoms with van der Waals surface area (Å²) in [5.41, 5.74) is 0.822. The molecule has 1 fully saturated rings. The van der Waals surface area contributed by atoms with Gasteiger partial charge in [0, 0.05) is 0 Å². The molecule has 2 rings (SSSR count). The van der Waals surface area contributed by atoms with E-state index in [2.05, 4.69) is 10.6 Å². The molecular weight excluding hydrogens is 440 g/mol. The lowest BCUT2D eigenvalue weighted by Gasteiger charge is -2.30. The van der Waals surface area contributed by atoms with Crippen molar-refractivity contribution in [3.63, 3.8) is 0 Å². The summed E-state index contributed by atoms with van der Waals surface area (Å²) < 4.78 is 25.9. The zero-order valence-corrected chi connectivity index (χ0v) is 19.9. The number of halogens is 1. The average molecular weight is 477 g/mol. The number of aliphatic carboxylic acids is 1. The van der Waals surface area contributed by atoms with Crippen molar-refractivity contribution in [3.8, 4) is 5.75 Å². The van der Waals surface area contributed by atoms with Crippen LogP contribution in [0.5, 0.6) is 5.75 Å². The quantitative estimate of drug-likeness (QED) is 0.323. The summed E-state index contributed by atoms with van der Waals surface area (Å²) in [7, 11) is -3.15. The van der Waals surface area contributed by atoms with Crippen molar-refractivity contribution >= 4 is 28.2 Å². The maximum atomic E-state index is 12.9. The monoisotopic (exact) mass is 476 g/mol. The Balaban J connectivity index is 0.00000480. The highest BCUT2D eigenvalue weighted by molar-refractivity contribution is 7.92. The van der Waals surface area contributed by atoms with Crippen molar-refractivity contribution in [1.82, 2.24) is 10.6 Å². The third-order valence-corrected chi connectivity index (χ3v) is 8.28. The molecule has 1 aliphatic heterocycles. The van der Waals surface area contributed by atoms with Gasteiger partial charge in [0.1, 0.15) is 11.8 Å². The number of sulfone groups is 1. The van der Waals surface area contributed by atoms with Crippen molar-refractivity contribution in [2.45, 2.75) is 63.2 Å². The van der Waals surface area contributed by atoms with Gasteiger partial charge in [0.25, 0.3) is 0 Å². The standard InChI is InChI=1S/C22H36N2O5S.ClH/c1-2-3-15-30(28,29)21(18-10-13-23-14-11-18)5-4-12-24-20(22(26)27)16-17-6-8-19(25)9-7-17;/h6-9,18,20-21,23-25H,2-5,10-16H2,1H3,(H,26,27);1H/t20-,21?;/m0./s1. The van der Waals surface area contributed by atoms with Crippen LogP contribution in [0.1, 0.15) is 51.0 Å². The zero-order valence-electron chi connectivity index (χ0n) is 18.3. The molecule has 0 amide bonds. The molecule has 1 unspecified atom stereocenters. The van der Waals surface area contributed by atoms with E-state index >= 15 is 0 Å². The van der Waals surface area contributed by atoms with Crippen molar-refractivity contribution < 1.29 is 23.4 Å². The first kappa shape index (κ1) is 27.7. The second-order valence-corrected chi connectivity index (χ2v) is 10.5. The number of aromatic hydroxyl groups is 1. The van der Waals surface area contributed by atoms with Gasteiger partial charge in [0.15, 0.2) is 9.84 Å². The molecule has 0 saturated carbocycles. The van der Waals surface area contributed by atoms with Crippen molar-refractivity contribution in [1.29, 1.82) is 0 Å². The molecule has 0 radical (unpaired) electrons. The van der Waals surface area contributed by atoms with Crippen molar-refractivity contribution in [2.24, 2.45) is 5.92 Å². The number of piperidine rings is 1. The van der Waals surface area contributed by atoms with E-state index in [0.717, 1.165) is 37.9 Å². The fraction of sp³-hybridized carbons (Fsp3) is 0.682. The second-order valence-electron chi connectivity index (χ2n) is 8.20. The Morgan fingerprint density at radius 3 is 2.42 bits per heavy atom. The van der Waals surface area contributed by atoms with Crippen LogP contribution in [0.2, 0.25) is 0 Å². The van der Waals surface area contributed by atoms with Gasteiger partial charge in [-0.15, -0.1) is 12.4 Å². The number of hydrogen-bond donors (Lipinski definition) is 4. The fourth-order valence-electron chi connectivity index (χ4n) is 4.12. The van der Waals surface area contributed by atoms with E-state index in [-0.39, 0.29) is 35.1 Å². The largest absolute Gasteiger partial charge is 0.508 e. The van der Waals surface area contributed by atoms with Crippen LogP contribution in [-0.4, -0.2) is 61.3 Å². The molecule has 1 heterocycles. The molecule has 0 aliphatic carbocycles. The number of phenols is 1. The molecule has 7 nitrogen and oxygen atoms in total. The van der Waals surface area contributed by atoms with Gasteiger partial charge in [-0.1, -0.05) is 25.5 Å². The first-order valence-corrected chi connectivity index (χ1v) is 12.7. The summed E-state index contributed by atoms with van der Waals surface area (Å²) >= 11 is 0. The molecule has 4 N–H and O–H groups in total. The van der Waals surface area contributed by atoms with Crippen molar-refractivity contribution in [2.75, 3.05) is 25.4 Å². The lowest BCUT2D eigenvalue weighted by Crippen LogP contribution is -2.41. The van der Waals surface area contributed by atoms with Crippen molar-refractivity contribution in [3.05, 3.63) is 29.8 Å². The van der Waals surface area contributed by atoms with Gasteiger partial charge in [-0.2, -0.15) is 0 Å². The van der Waals surface area contributed by atoms with Gasteiger partial charge in [0.2, 0.25) is 0 Å². The molecule has 2 atom stereocenters. The number of phenolic OH excluding ortho intramolecular Hbond substituents is 1. The SMILES string of the molecule is CCCCS(=O)(=O)C(CCCN[C@@H](Cc1ccc(O)cc1)C(=O)O)C1CCNCC1.Cl. The minimum absolute atomic E-state index is 0. The number of carboxylic acid groups (broad SMARTS) is 1. The first-order valence-electron chi connectivity index (χ1n) is 11.0. The maximum absolute atomic E-state index is 12.9. The molecule has 178 valence electrons. The Labute approximate surface area is 192 Å². The summed E-state index contributed by atoms with van der Waals surface area (Å²) in [6.07, 6.45) is 4.80. The number of carbonyl (C=O) groups is 1. The van der Waals surface area contributed by atoms with Crippen LogP contribution in [-0.2, 0) is 21.1 Å². The van der Waals surface area contributed by atoms with E-state index in [9.17, 15) is 23.4 Å². The number of unbranched alkanes of at least 4 members (excludes halogenated alkanes) is 1. The van der Waals surface area contributed by atoms with Gasteiger partial charge < -0.3 is 20.8 Å². The summed E-state index contributed by atoms with van der Waals surface area (Å²) in [6, 6.07) is 5.75. The first-order chi connectivity index (χ1) is 14.3. The van der Waals surface area contributed by atoms with Crippen LogP contribution in [0.3, 0.4) is 0 Å². The zero-order chi connectivity index (χ0) is 22.0. The van der Waals surface area contributed by atoms with Crippen LogP contribution in [0.15, 0.2) is 24.3 Å². The Bertz CT molecular complexity index is 752. The number of carboxylic acids is 1. The number of nitrogens with one attached hydrogen (secondary N) is 2. The van der Waals surface area contributed by atoms with Crippen LogP contribution < -0.4 is 10.6 Å². The minimum Gasteiger partial charge on any atom is -0.508 e. The van der Waals surface area contributed by atoms with E-state index in [1.165, 1.54) is 0 Å². The predicted molar refractivity (Wildman–Crippen MR) is 126 cm³/mol. The summed E-state index contributed by atoms with van der Waals surface area (Å²) in [5, 5.41) is 24.9. The Morgan fingerprint density at radius 2 is 1.84 bits per heavy atom. The Hall–Kier alpha value is -1.35. The minimum atomic E-state index is -3.15.